The van der Waals surface area contributed by atoms with Crippen LogP contribution in [0.25, 0.3) is 0 Å². The van der Waals surface area contributed by atoms with Crippen LogP contribution in [0, 0.1) is 17.6 Å². The molecule has 14 heteroatoms. The number of carbonyl (C=O) groups is 1. The number of piperidine rings is 2. The van der Waals surface area contributed by atoms with Crippen LogP contribution < -0.4 is 21.1 Å². The van der Waals surface area contributed by atoms with Gasteiger partial charge in [0.2, 0.25) is 21.7 Å². The summed E-state index contributed by atoms with van der Waals surface area (Å²) in [4.78, 5) is 21.2. The number of hydrogen-bond donors (Lipinski definition) is 3. The number of benzene rings is 1. The van der Waals surface area contributed by atoms with Crippen molar-refractivity contribution in [2.75, 3.05) is 37.2 Å². The van der Waals surface area contributed by atoms with Crippen LogP contribution in [0.5, 0.6) is 5.88 Å². The molecule has 220 valence electrons. The largest absolute Gasteiger partial charge is 0.474 e. The van der Waals surface area contributed by atoms with Crippen LogP contribution in [0.15, 0.2) is 41.4 Å². The second-order valence-electron chi connectivity index (χ2n) is 10.2. The number of rotatable bonds is 9. The highest BCUT2D eigenvalue weighted by Gasteiger charge is 2.31. The van der Waals surface area contributed by atoms with Gasteiger partial charge < -0.3 is 21.1 Å². The molecule has 5 rings (SSSR count). The average molecular weight is 607 g/mol. The van der Waals surface area contributed by atoms with Gasteiger partial charge in [-0.25, -0.2) is 27.2 Å². The van der Waals surface area contributed by atoms with Gasteiger partial charge in [0.05, 0.1) is 11.8 Å². The quantitative estimate of drug-likeness (QED) is 0.312. The maximum Gasteiger partial charge on any atom is 0.244 e. The third kappa shape index (κ3) is 6.50. The number of nitrogens with one attached hydrogen (secondary N) is 2. The third-order valence-electron chi connectivity index (χ3n) is 7.48. The summed E-state index contributed by atoms with van der Waals surface area (Å²) in [5.41, 5.74) is 5.21. The number of pyridine rings is 1. The molecule has 0 bridgehead atoms. The molecule has 0 saturated carbocycles. The molecule has 3 aromatic rings. The van der Waals surface area contributed by atoms with Crippen LogP contribution in [-0.4, -0.2) is 66.8 Å². The van der Waals surface area contributed by atoms with Crippen molar-refractivity contribution in [3.8, 4) is 5.88 Å². The lowest BCUT2D eigenvalue weighted by Gasteiger charge is -2.31. The van der Waals surface area contributed by atoms with E-state index in [0.29, 0.717) is 29.8 Å². The molecule has 0 radical (unpaired) electrons. The molecule has 4 N–H and O–H groups in total. The zero-order valence-corrected chi connectivity index (χ0v) is 24.1. The van der Waals surface area contributed by atoms with Crippen LogP contribution in [0.4, 0.5) is 19.7 Å². The number of nitrogens with zero attached hydrogens (tertiary/aromatic N) is 3. The van der Waals surface area contributed by atoms with Gasteiger partial charge in [-0.3, -0.25) is 4.79 Å². The Bertz CT molecular complexity index is 1470. The first-order chi connectivity index (χ1) is 19.6. The van der Waals surface area contributed by atoms with Crippen molar-refractivity contribution in [1.82, 2.24) is 19.6 Å². The number of halogens is 2. The van der Waals surface area contributed by atoms with E-state index in [9.17, 15) is 22.0 Å². The Kier molecular flexibility index (Phi) is 8.82. The van der Waals surface area contributed by atoms with Gasteiger partial charge in [-0.2, -0.15) is 4.31 Å². The van der Waals surface area contributed by atoms with Crippen LogP contribution in [-0.2, 0) is 10.0 Å². The monoisotopic (exact) mass is 606 g/mol. The van der Waals surface area contributed by atoms with Gasteiger partial charge in [0.25, 0.3) is 0 Å². The number of carbonyl (C=O) groups excluding carboxylic acids is 1. The number of aromatic nitrogens is 2. The summed E-state index contributed by atoms with van der Waals surface area (Å²) < 4.78 is 62.0. The lowest BCUT2D eigenvalue weighted by atomic mass is 9.95. The molecule has 2 atom stereocenters. The van der Waals surface area contributed by atoms with E-state index in [1.165, 1.54) is 22.6 Å². The minimum Gasteiger partial charge on any atom is -0.474 e. The SMILES string of the molecule is C[C@H](Oc1ccc(S(=O)(=O)N2CCC(Nc3nc(N)c(C(=O)c4c(F)cccc4F)s3)CC2)cn1)C1CCCNC1. The molecule has 0 aliphatic carbocycles. The van der Waals surface area contributed by atoms with Crippen molar-refractivity contribution < 1.29 is 26.7 Å². The molecule has 2 saturated heterocycles. The highest BCUT2D eigenvalue weighted by Crippen LogP contribution is 2.31. The van der Waals surface area contributed by atoms with Crippen LogP contribution in [0.2, 0.25) is 0 Å². The summed E-state index contributed by atoms with van der Waals surface area (Å²) in [6.07, 6.45) is 4.43. The van der Waals surface area contributed by atoms with Gasteiger partial charge in [-0.15, -0.1) is 0 Å². The smallest absolute Gasteiger partial charge is 0.244 e. The summed E-state index contributed by atoms with van der Waals surface area (Å²) in [6.45, 7) is 4.43. The van der Waals surface area contributed by atoms with E-state index in [0.717, 1.165) is 49.4 Å². The van der Waals surface area contributed by atoms with E-state index in [1.54, 1.807) is 6.07 Å². The predicted octanol–water partition coefficient (Wildman–Crippen LogP) is 3.66. The Labute approximate surface area is 241 Å². The molecule has 4 heterocycles. The molecule has 2 aliphatic heterocycles. The first kappa shape index (κ1) is 29.3. The van der Waals surface area contributed by atoms with E-state index in [4.69, 9.17) is 10.5 Å². The average Bonchev–Trinajstić information content (AvgIpc) is 3.33. The van der Waals surface area contributed by atoms with E-state index in [1.807, 2.05) is 6.92 Å². The fourth-order valence-corrected chi connectivity index (χ4v) is 7.43. The van der Waals surface area contributed by atoms with Crippen molar-refractivity contribution in [2.24, 2.45) is 5.92 Å². The number of thiazole rings is 1. The number of anilines is 2. The van der Waals surface area contributed by atoms with Crippen molar-refractivity contribution in [2.45, 2.75) is 49.6 Å². The minimum atomic E-state index is -3.75. The standard InChI is InChI=1S/C27H32F2N6O4S2/c1-16(17-4-3-11-31-14-17)39-22-8-7-19(15-32-22)41(37,38)35-12-9-18(10-13-35)33-27-34-26(30)25(40-27)24(36)23-20(28)5-2-6-21(23)29/h2,5-8,15-18,31H,3-4,9-14,30H2,1H3,(H,33,34)/t16-,17?/m0/s1. The van der Waals surface area contributed by atoms with E-state index in [2.05, 4.69) is 20.6 Å². The number of nitrogens with two attached hydrogens (primary N) is 1. The fraction of sp³-hybridized carbons (Fsp3) is 0.444. The molecule has 0 spiro atoms. The van der Waals surface area contributed by atoms with E-state index in [-0.39, 0.29) is 40.8 Å². The molecule has 1 unspecified atom stereocenters. The number of ketones is 1. The Morgan fingerprint density at radius 1 is 1.20 bits per heavy atom. The molecule has 41 heavy (non-hydrogen) atoms. The van der Waals surface area contributed by atoms with E-state index >= 15 is 0 Å². The minimum absolute atomic E-state index is 0.0349. The number of hydrogen-bond acceptors (Lipinski definition) is 10. The second-order valence-corrected chi connectivity index (χ2v) is 13.2. The first-order valence-corrected chi connectivity index (χ1v) is 15.7. The highest BCUT2D eigenvalue weighted by atomic mass is 32.2. The zero-order chi connectivity index (χ0) is 29.1. The third-order valence-corrected chi connectivity index (χ3v) is 10.4. The maximum absolute atomic E-state index is 14.1. The first-order valence-electron chi connectivity index (χ1n) is 13.5. The molecule has 1 aromatic carbocycles. The topological polar surface area (TPSA) is 140 Å². The van der Waals surface area contributed by atoms with Gasteiger partial charge in [-0.1, -0.05) is 17.4 Å². The van der Waals surface area contributed by atoms with Crippen LogP contribution in [0.1, 0.15) is 47.8 Å². The Hall–Kier alpha value is -3.20. The van der Waals surface area contributed by atoms with Gasteiger partial charge >= 0.3 is 0 Å². The molecule has 0 amide bonds. The number of nitrogen functional groups attached to an aromatic ring is 1. The van der Waals surface area contributed by atoms with Crippen molar-refractivity contribution >= 4 is 38.1 Å². The highest BCUT2D eigenvalue weighted by molar-refractivity contribution is 7.89. The lowest BCUT2D eigenvalue weighted by molar-refractivity contribution is 0.103. The zero-order valence-electron chi connectivity index (χ0n) is 22.5. The van der Waals surface area contributed by atoms with Crippen LogP contribution >= 0.6 is 11.3 Å². The van der Waals surface area contributed by atoms with Gasteiger partial charge in [0.15, 0.2) is 5.13 Å². The maximum atomic E-state index is 14.1. The molecule has 2 aromatic heterocycles. The normalized spacial score (nSPS) is 19.5. The van der Waals surface area contributed by atoms with Gasteiger partial charge in [0, 0.05) is 37.7 Å². The van der Waals surface area contributed by atoms with Crippen molar-refractivity contribution in [3.05, 3.63) is 58.6 Å². The molecular formula is C27H32F2N6O4S2. The predicted molar refractivity (Wildman–Crippen MR) is 152 cm³/mol. The summed E-state index contributed by atoms with van der Waals surface area (Å²) in [6, 6.07) is 6.15. The molecular weight excluding hydrogens is 574 g/mol. The van der Waals surface area contributed by atoms with Crippen molar-refractivity contribution in [3.63, 3.8) is 0 Å². The Morgan fingerprint density at radius 3 is 2.56 bits per heavy atom. The van der Waals surface area contributed by atoms with Crippen molar-refractivity contribution in [1.29, 1.82) is 0 Å². The molecule has 10 nitrogen and oxygen atoms in total. The Balaban J connectivity index is 1.17. The number of sulfonamides is 1. The lowest BCUT2D eigenvalue weighted by Crippen LogP contribution is -2.42. The number of ether oxygens (including phenoxy) is 1. The van der Waals surface area contributed by atoms with Gasteiger partial charge in [0.1, 0.15) is 33.3 Å². The molecule has 2 fully saturated rings. The van der Waals surface area contributed by atoms with E-state index < -0.39 is 33.0 Å². The molecule has 2 aliphatic rings. The Morgan fingerprint density at radius 2 is 1.93 bits per heavy atom. The summed E-state index contributed by atoms with van der Waals surface area (Å²) in [7, 11) is -3.75. The fourth-order valence-electron chi connectivity index (χ4n) is 5.10. The van der Waals surface area contributed by atoms with Crippen LogP contribution in [0.3, 0.4) is 0 Å². The summed E-state index contributed by atoms with van der Waals surface area (Å²) >= 11 is 0.905. The summed E-state index contributed by atoms with van der Waals surface area (Å²) in [5, 5.41) is 6.86. The summed E-state index contributed by atoms with van der Waals surface area (Å²) in [5.74, 6) is -2.19. The second kappa shape index (κ2) is 12.3. The van der Waals surface area contributed by atoms with Gasteiger partial charge in [-0.05, 0) is 57.4 Å².